The Morgan fingerprint density at radius 3 is 2.41 bits per heavy atom. The Bertz CT molecular complexity index is 985. The Kier molecular flexibility index (Phi) is 5.57. The molecule has 0 aliphatic heterocycles. The number of nitrogens with zero attached hydrogens (tertiary/aromatic N) is 3. The lowest BCUT2D eigenvalue weighted by Crippen LogP contribution is -2.26. The summed E-state index contributed by atoms with van der Waals surface area (Å²) < 4.78 is 32.2. The van der Waals surface area contributed by atoms with Crippen LogP contribution in [0, 0.1) is 0 Å². The van der Waals surface area contributed by atoms with E-state index < -0.39 is 10.0 Å². The van der Waals surface area contributed by atoms with Crippen LogP contribution in [0.3, 0.4) is 0 Å². The maximum atomic E-state index is 12.8. The minimum absolute atomic E-state index is 0.196. The molecule has 1 aromatic heterocycles. The van der Waals surface area contributed by atoms with E-state index in [9.17, 15) is 8.42 Å². The number of anilines is 1. The molecule has 2 aromatic carbocycles. The molecule has 0 saturated heterocycles. The molecule has 1 heterocycles. The van der Waals surface area contributed by atoms with Crippen LogP contribution in [-0.2, 0) is 16.4 Å². The zero-order valence-corrected chi connectivity index (χ0v) is 16.3. The van der Waals surface area contributed by atoms with Crippen LogP contribution in [0.1, 0.15) is 12.7 Å². The van der Waals surface area contributed by atoms with E-state index in [2.05, 4.69) is 15.5 Å². The quantitative estimate of drug-likeness (QED) is 0.672. The van der Waals surface area contributed by atoms with Crippen molar-refractivity contribution < 1.29 is 12.9 Å². The second-order valence-corrected chi connectivity index (χ2v) is 8.21. The zero-order valence-electron chi connectivity index (χ0n) is 15.5. The number of benzene rings is 2. The third-order valence-corrected chi connectivity index (χ3v) is 6.13. The summed E-state index contributed by atoms with van der Waals surface area (Å²) >= 11 is 0. The van der Waals surface area contributed by atoms with Gasteiger partial charge in [-0.1, -0.05) is 23.4 Å². The van der Waals surface area contributed by atoms with Gasteiger partial charge in [0.25, 0.3) is 15.9 Å². The minimum Gasteiger partial charge on any atom is -0.334 e. The van der Waals surface area contributed by atoms with Crippen LogP contribution in [0.4, 0.5) is 5.69 Å². The van der Waals surface area contributed by atoms with Gasteiger partial charge in [0.2, 0.25) is 0 Å². The van der Waals surface area contributed by atoms with Gasteiger partial charge in [-0.25, -0.2) is 8.42 Å². The van der Waals surface area contributed by atoms with Crippen LogP contribution in [-0.4, -0.2) is 38.7 Å². The zero-order chi connectivity index (χ0) is 19.4. The number of rotatable bonds is 7. The first kappa shape index (κ1) is 19.1. The van der Waals surface area contributed by atoms with E-state index in [1.807, 2.05) is 20.0 Å². The van der Waals surface area contributed by atoms with Gasteiger partial charge in [0, 0.05) is 25.1 Å². The summed E-state index contributed by atoms with van der Waals surface area (Å²) in [6, 6.07) is 15.6. The van der Waals surface area contributed by atoms with Crippen LogP contribution < -0.4 is 9.62 Å². The van der Waals surface area contributed by atoms with Gasteiger partial charge in [0.15, 0.2) is 5.82 Å². The number of nitrogens with one attached hydrogen (secondary N) is 1. The topological polar surface area (TPSA) is 88.3 Å². The molecular weight excluding hydrogens is 364 g/mol. The first-order valence-corrected chi connectivity index (χ1v) is 10.00. The number of hydrogen-bond donors (Lipinski definition) is 1. The highest BCUT2D eigenvalue weighted by molar-refractivity contribution is 7.92. The number of sulfonamides is 1. The molecule has 3 aromatic rings. The third kappa shape index (κ3) is 4.17. The summed E-state index contributed by atoms with van der Waals surface area (Å²) in [6.07, 6.45) is 0.647. The summed E-state index contributed by atoms with van der Waals surface area (Å²) in [7, 11) is -0.241. The molecule has 0 bridgehead atoms. The molecule has 0 saturated carbocycles. The van der Waals surface area contributed by atoms with E-state index in [4.69, 9.17) is 4.52 Å². The van der Waals surface area contributed by atoms with Crippen molar-refractivity contribution in [3.63, 3.8) is 0 Å². The minimum atomic E-state index is -3.65. The lowest BCUT2D eigenvalue weighted by molar-refractivity contribution is 0.418. The molecule has 1 atom stereocenters. The van der Waals surface area contributed by atoms with Gasteiger partial charge in [-0.3, -0.25) is 4.31 Å². The number of likely N-dealkylation sites (N-methyl/N-ethyl adjacent to an activating group) is 1. The maximum absolute atomic E-state index is 12.8. The molecule has 8 heteroatoms. The van der Waals surface area contributed by atoms with E-state index >= 15 is 0 Å². The molecule has 0 aliphatic carbocycles. The Morgan fingerprint density at radius 2 is 1.78 bits per heavy atom. The molecule has 7 nitrogen and oxygen atoms in total. The molecule has 142 valence electrons. The lowest BCUT2D eigenvalue weighted by Gasteiger charge is -2.19. The van der Waals surface area contributed by atoms with Gasteiger partial charge < -0.3 is 9.84 Å². The van der Waals surface area contributed by atoms with Gasteiger partial charge in [0.05, 0.1) is 10.6 Å². The van der Waals surface area contributed by atoms with E-state index in [-0.39, 0.29) is 10.9 Å². The van der Waals surface area contributed by atoms with Crippen molar-refractivity contribution >= 4 is 15.7 Å². The second kappa shape index (κ2) is 7.89. The van der Waals surface area contributed by atoms with Crippen LogP contribution >= 0.6 is 0 Å². The average molecular weight is 386 g/mol. The Labute approximate surface area is 159 Å². The SMILES string of the molecule is CNC(C)Cc1noc(-c2ccc(S(=O)(=O)N(C)c3ccccc3)cc2)n1. The third-order valence-electron chi connectivity index (χ3n) is 4.33. The van der Waals surface area contributed by atoms with E-state index in [1.54, 1.807) is 48.5 Å². The smallest absolute Gasteiger partial charge is 0.264 e. The van der Waals surface area contributed by atoms with Gasteiger partial charge in [-0.2, -0.15) is 4.98 Å². The molecule has 0 radical (unpaired) electrons. The largest absolute Gasteiger partial charge is 0.334 e. The van der Waals surface area contributed by atoms with Crippen molar-refractivity contribution in [3.05, 3.63) is 60.4 Å². The molecule has 1 N–H and O–H groups in total. The lowest BCUT2D eigenvalue weighted by atomic mass is 10.2. The number of hydrogen-bond acceptors (Lipinski definition) is 6. The highest BCUT2D eigenvalue weighted by atomic mass is 32.2. The van der Waals surface area contributed by atoms with Crippen LogP contribution in [0.2, 0.25) is 0 Å². The van der Waals surface area contributed by atoms with Crippen molar-refractivity contribution in [2.45, 2.75) is 24.3 Å². The molecule has 0 spiro atoms. The number of aromatic nitrogens is 2. The monoisotopic (exact) mass is 386 g/mol. The summed E-state index contributed by atoms with van der Waals surface area (Å²) in [5.41, 5.74) is 1.27. The Hall–Kier alpha value is -2.71. The molecular formula is C19H22N4O3S. The van der Waals surface area contributed by atoms with Gasteiger partial charge in [-0.05, 0) is 50.4 Å². The summed E-state index contributed by atoms with van der Waals surface area (Å²) in [5, 5.41) is 7.08. The van der Waals surface area contributed by atoms with Crippen molar-refractivity contribution in [3.8, 4) is 11.5 Å². The standard InChI is InChI=1S/C19H22N4O3S/c1-14(20-2)13-18-21-19(26-22-18)15-9-11-17(12-10-15)27(24,25)23(3)16-7-5-4-6-8-16/h4-12,14,20H,13H2,1-3H3. The predicted octanol–water partition coefficient (Wildman–Crippen LogP) is 2.71. The van der Waals surface area contributed by atoms with Crippen LogP contribution in [0.5, 0.6) is 0 Å². The number of para-hydroxylation sites is 1. The normalized spacial score (nSPS) is 12.7. The predicted molar refractivity (Wildman–Crippen MR) is 104 cm³/mol. The van der Waals surface area contributed by atoms with Crippen LogP contribution in [0.25, 0.3) is 11.5 Å². The van der Waals surface area contributed by atoms with E-state index in [0.29, 0.717) is 29.4 Å². The first-order chi connectivity index (χ1) is 12.9. The summed E-state index contributed by atoms with van der Waals surface area (Å²) in [4.78, 5) is 4.56. The Morgan fingerprint density at radius 1 is 1.11 bits per heavy atom. The molecule has 3 rings (SSSR count). The van der Waals surface area contributed by atoms with E-state index in [0.717, 1.165) is 0 Å². The summed E-state index contributed by atoms with van der Waals surface area (Å²) in [6.45, 7) is 2.03. The first-order valence-electron chi connectivity index (χ1n) is 8.56. The molecule has 0 aliphatic rings. The summed E-state index contributed by atoms with van der Waals surface area (Å²) in [5.74, 6) is 0.973. The average Bonchev–Trinajstić information content (AvgIpc) is 3.16. The van der Waals surface area contributed by atoms with Crippen LogP contribution in [0.15, 0.2) is 64.0 Å². The van der Waals surface area contributed by atoms with Crippen molar-refractivity contribution in [2.75, 3.05) is 18.4 Å². The molecule has 0 fully saturated rings. The molecule has 0 amide bonds. The van der Waals surface area contributed by atoms with Gasteiger partial charge in [0.1, 0.15) is 0 Å². The van der Waals surface area contributed by atoms with Crippen molar-refractivity contribution in [1.82, 2.24) is 15.5 Å². The second-order valence-electron chi connectivity index (χ2n) is 6.24. The highest BCUT2D eigenvalue weighted by Crippen LogP contribution is 2.24. The van der Waals surface area contributed by atoms with Crippen molar-refractivity contribution in [1.29, 1.82) is 0 Å². The fourth-order valence-corrected chi connectivity index (χ4v) is 3.73. The van der Waals surface area contributed by atoms with Crippen molar-refractivity contribution in [2.24, 2.45) is 0 Å². The molecule has 1 unspecified atom stereocenters. The highest BCUT2D eigenvalue weighted by Gasteiger charge is 2.21. The fraction of sp³-hybridized carbons (Fsp3) is 0.263. The molecule has 27 heavy (non-hydrogen) atoms. The van der Waals surface area contributed by atoms with Gasteiger partial charge in [-0.15, -0.1) is 0 Å². The maximum Gasteiger partial charge on any atom is 0.264 e. The Balaban J connectivity index is 1.81. The van der Waals surface area contributed by atoms with Gasteiger partial charge >= 0.3 is 0 Å². The van der Waals surface area contributed by atoms with E-state index in [1.165, 1.54) is 11.4 Å². The fourth-order valence-electron chi connectivity index (χ4n) is 2.53.